The van der Waals surface area contributed by atoms with Gasteiger partial charge in [-0.1, -0.05) is 142 Å². The topological polar surface area (TPSA) is 18.5 Å². The van der Waals surface area contributed by atoms with Crippen LogP contribution in [0.25, 0.3) is 0 Å². The summed E-state index contributed by atoms with van der Waals surface area (Å²) in [5, 5.41) is 0.235. The van der Waals surface area contributed by atoms with Gasteiger partial charge in [-0.25, -0.2) is 0 Å². The van der Waals surface area contributed by atoms with Gasteiger partial charge in [0.1, 0.15) is 16.1 Å². The molecule has 0 fully saturated rings. The Hall–Kier alpha value is -0.572. The molecule has 0 atom stereocenters. The molecule has 0 radical (unpaired) electrons. The van der Waals surface area contributed by atoms with Gasteiger partial charge in [-0.2, -0.15) is 0 Å². The fraction of sp³-hybridized carbons (Fsp3) is 0.821. The van der Waals surface area contributed by atoms with Crippen LogP contribution < -0.4 is 0 Å². The van der Waals surface area contributed by atoms with Crippen LogP contribution in [0.4, 0.5) is 0 Å². The van der Waals surface area contributed by atoms with Crippen LogP contribution in [0.2, 0.25) is 69.5 Å². The first kappa shape index (κ1) is 44.4. The van der Waals surface area contributed by atoms with Crippen molar-refractivity contribution in [1.82, 2.24) is 0 Å². The van der Waals surface area contributed by atoms with E-state index in [1.54, 1.807) is 0 Å². The van der Waals surface area contributed by atoms with E-state index in [1.807, 2.05) is 0 Å². The Bertz CT molecular complexity index is 1010. The third-order valence-electron chi connectivity index (χ3n) is 11.7. The monoisotopic (exact) mass is 688 g/mol. The predicted octanol–water partition coefficient (Wildman–Crippen LogP) is 12.9. The van der Waals surface area contributed by atoms with Crippen molar-refractivity contribution in [2.45, 2.75) is 194 Å². The zero-order valence-corrected chi connectivity index (χ0v) is 38.2. The van der Waals surface area contributed by atoms with Crippen LogP contribution in [-0.4, -0.2) is 46.0 Å². The van der Waals surface area contributed by atoms with E-state index >= 15 is 0 Å². The Labute approximate surface area is 287 Å². The summed E-state index contributed by atoms with van der Waals surface area (Å²) < 4.78 is 13.7. The second-order valence-corrected chi connectivity index (χ2v) is 39.3. The minimum atomic E-state index is -2.01. The highest BCUT2D eigenvalue weighted by atomic mass is 28.4. The van der Waals surface area contributed by atoms with Crippen LogP contribution in [0.15, 0.2) is 16.9 Å². The van der Waals surface area contributed by atoms with Crippen molar-refractivity contribution in [2.75, 3.05) is 13.2 Å². The minimum absolute atomic E-state index is 0.118. The fourth-order valence-corrected chi connectivity index (χ4v) is 18.9. The van der Waals surface area contributed by atoms with Crippen molar-refractivity contribution in [2.24, 2.45) is 0 Å². The second-order valence-electron chi connectivity index (χ2n) is 18.5. The third-order valence-corrected chi connectivity index (χ3v) is 33.2. The molecule has 0 aliphatic heterocycles. The van der Waals surface area contributed by atoms with Crippen molar-refractivity contribution in [3.8, 4) is 22.9 Å². The van der Waals surface area contributed by atoms with Gasteiger partial charge in [0.25, 0.3) is 0 Å². The van der Waals surface area contributed by atoms with Gasteiger partial charge in [-0.3, -0.25) is 0 Å². The Morgan fingerprint density at radius 3 is 0.867 bits per heavy atom. The summed E-state index contributed by atoms with van der Waals surface area (Å²) in [6.45, 7) is 52.6. The van der Waals surface area contributed by atoms with E-state index in [1.165, 1.54) is 0 Å². The van der Waals surface area contributed by atoms with Crippen molar-refractivity contribution >= 4 is 32.8 Å². The van der Waals surface area contributed by atoms with Gasteiger partial charge in [0.15, 0.2) is 16.6 Å². The summed E-state index contributed by atoms with van der Waals surface area (Å²) in [5.41, 5.74) is 17.0. The van der Waals surface area contributed by atoms with E-state index in [0.29, 0.717) is 46.5 Å². The first-order valence-corrected chi connectivity index (χ1v) is 28.1. The van der Waals surface area contributed by atoms with Crippen LogP contribution in [0.5, 0.6) is 0 Å². The first-order chi connectivity index (χ1) is 20.0. The van der Waals surface area contributed by atoms with Crippen LogP contribution >= 0.6 is 0 Å². The number of hydrogen-bond acceptors (Lipinski definition) is 2. The average Bonchev–Trinajstić information content (AvgIpc) is 2.83. The number of hydrogen-bond donors (Lipinski definition) is 0. The van der Waals surface area contributed by atoms with Gasteiger partial charge < -0.3 is 8.85 Å². The highest BCUT2D eigenvalue weighted by Gasteiger charge is 2.43. The maximum atomic E-state index is 6.83. The van der Waals surface area contributed by atoms with E-state index in [0.717, 1.165) is 11.1 Å². The van der Waals surface area contributed by atoms with Crippen LogP contribution in [0, 0.1) is 22.9 Å². The largest absolute Gasteiger partial charge is 0.411 e. The molecule has 0 spiro atoms. The molecule has 2 nitrogen and oxygen atoms in total. The molecular formula is C39H76O2Si4. The Morgan fingerprint density at radius 1 is 0.467 bits per heavy atom. The maximum Gasteiger partial charge on any atom is 0.192 e. The molecule has 0 rings (SSSR count). The first-order valence-electron chi connectivity index (χ1n) is 17.9. The summed E-state index contributed by atoms with van der Waals surface area (Å²) >= 11 is 0. The lowest BCUT2D eigenvalue weighted by molar-refractivity contribution is 0.319. The van der Waals surface area contributed by atoms with Crippen LogP contribution in [0.1, 0.15) is 125 Å². The molecule has 0 aromatic heterocycles. The normalized spacial score (nSPS) is 13.8. The second kappa shape index (κ2) is 16.7. The Balaban J connectivity index is 7.89. The van der Waals surface area contributed by atoms with Crippen molar-refractivity contribution in [3.63, 3.8) is 0 Å². The molecule has 0 saturated carbocycles. The summed E-state index contributed by atoms with van der Waals surface area (Å²) in [4.78, 5) is 0. The number of rotatable bonds is 12. The van der Waals surface area contributed by atoms with E-state index in [4.69, 9.17) is 8.85 Å². The summed E-state index contributed by atoms with van der Waals surface area (Å²) in [6.07, 6.45) is 0. The lowest BCUT2D eigenvalue weighted by atomic mass is 10.2. The van der Waals surface area contributed by atoms with Crippen molar-refractivity contribution < 1.29 is 8.85 Å². The fourth-order valence-electron chi connectivity index (χ4n) is 6.56. The van der Waals surface area contributed by atoms with Crippen molar-refractivity contribution in [1.29, 1.82) is 0 Å². The van der Waals surface area contributed by atoms with Gasteiger partial charge in [-0.15, -0.1) is 11.1 Å². The molecule has 0 heterocycles. The highest BCUT2D eigenvalue weighted by Crippen LogP contribution is 2.42. The quantitative estimate of drug-likeness (QED) is 0.115. The molecule has 0 aromatic carbocycles. The van der Waals surface area contributed by atoms with Crippen LogP contribution in [0.3, 0.4) is 0 Å². The molecule has 0 amide bonds. The zero-order valence-electron chi connectivity index (χ0n) is 34.2. The van der Waals surface area contributed by atoms with Gasteiger partial charge in [-0.05, 0) is 69.5 Å². The molecule has 0 aliphatic rings. The third kappa shape index (κ3) is 11.2. The van der Waals surface area contributed by atoms with E-state index in [-0.39, 0.29) is 10.1 Å². The van der Waals surface area contributed by atoms with Gasteiger partial charge >= 0.3 is 0 Å². The standard InChI is InChI=1S/C39H76O2Si4/c1-30(2)44(31(3)4,32(5)6)25-23-36(28-40-42(19,20)38(13,14)15)27-37(29-41-43(21,22)39(16,17)18)24-26-45(33(7)8,34(9)10)35(11)12/h30-35H,28-29H2,1-22H3. The Morgan fingerprint density at radius 2 is 0.689 bits per heavy atom. The Kier molecular flexibility index (Phi) is 16.5. The van der Waals surface area contributed by atoms with E-state index in [9.17, 15) is 0 Å². The van der Waals surface area contributed by atoms with Gasteiger partial charge in [0.2, 0.25) is 0 Å². The van der Waals surface area contributed by atoms with E-state index in [2.05, 4.69) is 179 Å². The molecular weight excluding hydrogens is 613 g/mol. The van der Waals surface area contributed by atoms with Crippen molar-refractivity contribution in [3.05, 3.63) is 16.9 Å². The van der Waals surface area contributed by atoms with Gasteiger partial charge in [0.05, 0.1) is 24.4 Å². The minimum Gasteiger partial charge on any atom is -0.411 e. The van der Waals surface area contributed by atoms with Gasteiger partial charge in [0, 0.05) is 0 Å². The summed E-state index contributed by atoms with van der Waals surface area (Å²) in [5.74, 6) is 7.49. The summed E-state index contributed by atoms with van der Waals surface area (Å²) in [7, 11) is -7.91. The smallest absolute Gasteiger partial charge is 0.192 e. The summed E-state index contributed by atoms with van der Waals surface area (Å²) in [6, 6.07) is 0. The predicted molar refractivity (Wildman–Crippen MR) is 214 cm³/mol. The molecule has 6 heteroatoms. The molecule has 0 saturated heterocycles. The molecule has 0 N–H and O–H groups in total. The molecule has 0 unspecified atom stereocenters. The molecule has 260 valence electrons. The molecule has 0 aromatic rings. The molecule has 45 heavy (non-hydrogen) atoms. The lowest BCUT2D eigenvalue weighted by Gasteiger charge is -2.38. The van der Waals surface area contributed by atoms with Crippen LogP contribution in [-0.2, 0) is 8.85 Å². The lowest BCUT2D eigenvalue weighted by Crippen LogP contribution is -2.43. The SMILES string of the molecule is CC(C)[Si](C#CC(=C=C(C#C[Si](C(C)C)(C(C)C)C(C)C)CO[Si](C)(C)C(C)(C)C)CO[Si](C)(C)C(C)(C)C)(C(C)C)C(C)C. The molecule has 0 aliphatic carbocycles. The highest BCUT2D eigenvalue weighted by molar-refractivity contribution is 6.91. The molecule has 0 bridgehead atoms. The average molecular weight is 689 g/mol. The van der Waals surface area contributed by atoms with E-state index < -0.39 is 32.8 Å². The zero-order chi connectivity index (χ0) is 36.0. The maximum absolute atomic E-state index is 6.83.